The molecule has 1 saturated heterocycles. The van der Waals surface area contributed by atoms with Crippen molar-refractivity contribution in [2.75, 3.05) is 32.7 Å². The van der Waals surface area contributed by atoms with Crippen molar-refractivity contribution in [3.63, 3.8) is 0 Å². The van der Waals surface area contributed by atoms with E-state index in [0.29, 0.717) is 25.4 Å². The quantitative estimate of drug-likeness (QED) is 0.772. The van der Waals surface area contributed by atoms with Gasteiger partial charge in [0.15, 0.2) is 0 Å². The summed E-state index contributed by atoms with van der Waals surface area (Å²) in [5.41, 5.74) is 1.83. The van der Waals surface area contributed by atoms with E-state index in [-0.39, 0.29) is 17.6 Å². The molecule has 1 aliphatic heterocycles. The van der Waals surface area contributed by atoms with Gasteiger partial charge in [-0.25, -0.2) is 4.39 Å². The molecule has 2 aromatic rings. The molecule has 7 heteroatoms. The van der Waals surface area contributed by atoms with Gasteiger partial charge < -0.3 is 9.64 Å². The molecule has 1 aliphatic rings. The summed E-state index contributed by atoms with van der Waals surface area (Å²) in [4.78, 5) is 16.5. The molecule has 1 aromatic carbocycles. The molecule has 1 N–H and O–H groups in total. The molecule has 0 aliphatic carbocycles. The maximum absolute atomic E-state index is 12.9. The van der Waals surface area contributed by atoms with Crippen LogP contribution in [0.4, 0.5) is 4.39 Å². The number of carbonyl (C=O) groups is 1. The van der Waals surface area contributed by atoms with Crippen molar-refractivity contribution in [3.8, 4) is 5.75 Å². The molecule has 1 unspecified atom stereocenters. The minimum Gasteiger partial charge on any atom is -0.487 e. The lowest BCUT2D eigenvalue weighted by atomic mass is 10.1. The van der Waals surface area contributed by atoms with E-state index in [2.05, 4.69) is 28.9 Å². The van der Waals surface area contributed by atoms with Crippen LogP contribution in [0.1, 0.15) is 37.6 Å². The van der Waals surface area contributed by atoms with Gasteiger partial charge in [0.2, 0.25) is 5.91 Å². The summed E-state index contributed by atoms with van der Waals surface area (Å²) in [6.45, 7) is 8.23. The second-order valence-electron chi connectivity index (χ2n) is 6.85. The van der Waals surface area contributed by atoms with Crippen LogP contribution in [0.3, 0.4) is 0 Å². The van der Waals surface area contributed by atoms with Gasteiger partial charge in [0.1, 0.15) is 18.2 Å². The predicted molar refractivity (Wildman–Crippen MR) is 101 cm³/mol. The second-order valence-corrected chi connectivity index (χ2v) is 6.85. The molecule has 3 rings (SSSR count). The van der Waals surface area contributed by atoms with Crippen molar-refractivity contribution >= 4 is 5.91 Å². The third-order valence-electron chi connectivity index (χ3n) is 5.07. The Hall–Kier alpha value is -2.41. The van der Waals surface area contributed by atoms with E-state index in [1.54, 1.807) is 12.1 Å². The SMILES string of the molecule is CCN(CC)CC(=O)N1CCC(c2cc(COc3ccc(F)cc3)[nH]n2)C1. The molecule has 1 atom stereocenters. The largest absolute Gasteiger partial charge is 0.487 e. The number of aromatic amines is 1. The normalized spacial score (nSPS) is 16.9. The highest BCUT2D eigenvalue weighted by molar-refractivity contribution is 5.78. The fourth-order valence-corrected chi connectivity index (χ4v) is 3.32. The van der Waals surface area contributed by atoms with Crippen molar-refractivity contribution in [1.29, 1.82) is 0 Å². The first-order valence-electron chi connectivity index (χ1n) is 9.51. The molecule has 146 valence electrons. The van der Waals surface area contributed by atoms with Gasteiger partial charge in [0.05, 0.1) is 17.9 Å². The Bertz CT molecular complexity index is 743. The summed E-state index contributed by atoms with van der Waals surface area (Å²) in [5.74, 6) is 0.771. The number of likely N-dealkylation sites (N-methyl/N-ethyl adjacent to an activating group) is 1. The molecular weight excluding hydrogens is 347 g/mol. The lowest BCUT2D eigenvalue weighted by Crippen LogP contribution is -2.39. The number of hydrogen-bond acceptors (Lipinski definition) is 4. The van der Waals surface area contributed by atoms with Gasteiger partial charge in [0.25, 0.3) is 0 Å². The molecule has 2 heterocycles. The Morgan fingerprint density at radius 1 is 1.33 bits per heavy atom. The van der Waals surface area contributed by atoms with Gasteiger partial charge in [0, 0.05) is 19.0 Å². The maximum atomic E-state index is 12.9. The highest BCUT2D eigenvalue weighted by Crippen LogP contribution is 2.26. The van der Waals surface area contributed by atoms with Crippen molar-refractivity contribution in [1.82, 2.24) is 20.0 Å². The molecule has 1 amide bonds. The van der Waals surface area contributed by atoms with Gasteiger partial charge in [-0.3, -0.25) is 14.8 Å². The molecule has 0 saturated carbocycles. The first kappa shape index (κ1) is 19.4. The van der Waals surface area contributed by atoms with E-state index >= 15 is 0 Å². The number of carbonyl (C=O) groups excluding carboxylic acids is 1. The number of halogens is 1. The summed E-state index contributed by atoms with van der Waals surface area (Å²) >= 11 is 0. The third-order valence-corrected chi connectivity index (χ3v) is 5.07. The van der Waals surface area contributed by atoms with Crippen LogP contribution in [0.15, 0.2) is 30.3 Å². The lowest BCUT2D eigenvalue weighted by molar-refractivity contribution is -0.131. The second kappa shape index (κ2) is 8.99. The number of amides is 1. The molecule has 6 nitrogen and oxygen atoms in total. The Labute approximate surface area is 159 Å². The van der Waals surface area contributed by atoms with Gasteiger partial charge in [-0.15, -0.1) is 0 Å². The van der Waals surface area contributed by atoms with E-state index in [4.69, 9.17) is 4.74 Å². The maximum Gasteiger partial charge on any atom is 0.236 e. The van der Waals surface area contributed by atoms with E-state index < -0.39 is 0 Å². The number of benzene rings is 1. The lowest BCUT2D eigenvalue weighted by Gasteiger charge is -2.22. The monoisotopic (exact) mass is 374 g/mol. The number of hydrogen-bond donors (Lipinski definition) is 1. The highest BCUT2D eigenvalue weighted by Gasteiger charge is 2.29. The summed E-state index contributed by atoms with van der Waals surface area (Å²) in [6, 6.07) is 7.94. The van der Waals surface area contributed by atoms with Crippen molar-refractivity contribution in [2.45, 2.75) is 32.8 Å². The van der Waals surface area contributed by atoms with Crippen LogP contribution in [0.2, 0.25) is 0 Å². The molecule has 0 radical (unpaired) electrons. The molecule has 1 aromatic heterocycles. The van der Waals surface area contributed by atoms with E-state index in [1.165, 1.54) is 12.1 Å². The summed E-state index contributed by atoms with van der Waals surface area (Å²) in [7, 11) is 0. The number of H-pyrrole nitrogens is 1. The molecule has 0 bridgehead atoms. The highest BCUT2D eigenvalue weighted by atomic mass is 19.1. The molecular formula is C20H27FN4O2. The van der Waals surface area contributed by atoms with Crippen LogP contribution in [0, 0.1) is 5.82 Å². The smallest absolute Gasteiger partial charge is 0.236 e. The van der Waals surface area contributed by atoms with Gasteiger partial charge >= 0.3 is 0 Å². The zero-order valence-electron chi connectivity index (χ0n) is 15.9. The molecule has 1 fully saturated rings. The average Bonchev–Trinajstić information content (AvgIpc) is 3.35. The minimum absolute atomic E-state index is 0.191. The molecule has 27 heavy (non-hydrogen) atoms. The fourth-order valence-electron chi connectivity index (χ4n) is 3.32. The third kappa shape index (κ3) is 5.07. The number of aromatic nitrogens is 2. The Morgan fingerprint density at radius 3 is 2.78 bits per heavy atom. The van der Waals surface area contributed by atoms with E-state index in [0.717, 1.165) is 37.4 Å². The Kier molecular flexibility index (Phi) is 6.45. The van der Waals surface area contributed by atoms with Crippen molar-refractivity contribution in [3.05, 3.63) is 47.5 Å². The Morgan fingerprint density at radius 2 is 2.07 bits per heavy atom. The number of likely N-dealkylation sites (tertiary alicyclic amines) is 1. The topological polar surface area (TPSA) is 61.5 Å². The Balaban J connectivity index is 1.51. The van der Waals surface area contributed by atoms with Crippen molar-refractivity contribution < 1.29 is 13.9 Å². The van der Waals surface area contributed by atoms with Gasteiger partial charge in [-0.05, 0) is 49.8 Å². The average molecular weight is 374 g/mol. The fraction of sp³-hybridized carbons (Fsp3) is 0.500. The first-order valence-corrected chi connectivity index (χ1v) is 9.51. The number of nitrogens with one attached hydrogen (secondary N) is 1. The predicted octanol–water partition coefficient (Wildman–Crippen LogP) is 2.79. The van der Waals surface area contributed by atoms with Crippen LogP contribution in [-0.4, -0.2) is 58.6 Å². The minimum atomic E-state index is -0.285. The summed E-state index contributed by atoms with van der Waals surface area (Å²) < 4.78 is 18.6. The van der Waals surface area contributed by atoms with Crippen molar-refractivity contribution in [2.24, 2.45) is 0 Å². The summed E-state index contributed by atoms with van der Waals surface area (Å²) in [6.07, 6.45) is 0.924. The molecule has 0 spiro atoms. The van der Waals surface area contributed by atoms with Crippen LogP contribution in [0.5, 0.6) is 5.75 Å². The van der Waals surface area contributed by atoms with Crippen LogP contribution < -0.4 is 4.74 Å². The van der Waals surface area contributed by atoms with E-state index in [9.17, 15) is 9.18 Å². The van der Waals surface area contributed by atoms with Crippen LogP contribution in [-0.2, 0) is 11.4 Å². The first-order chi connectivity index (χ1) is 13.1. The van der Waals surface area contributed by atoms with E-state index in [1.807, 2.05) is 11.0 Å². The zero-order valence-corrected chi connectivity index (χ0v) is 15.9. The zero-order chi connectivity index (χ0) is 19.2. The van der Waals surface area contributed by atoms with Gasteiger partial charge in [-0.1, -0.05) is 13.8 Å². The number of rotatable bonds is 8. The van der Waals surface area contributed by atoms with Gasteiger partial charge in [-0.2, -0.15) is 5.10 Å². The number of ether oxygens (including phenoxy) is 1. The summed E-state index contributed by atoms with van der Waals surface area (Å²) in [5, 5.41) is 7.40. The number of nitrogens with zero attached hydrogens (tertiary/aromatic N) is 3. The van der Waals surface area contributed by atoms with Crippen LogP contribution in [0.25, 0.3) is 0 Å². The van der Waals surface area contributed by atoms with Crippen LogP contribution >= 0.6 is 0 Å². The standard InChI is InChI=1S/C20H27FN4O2/c1-3-24(4-2)13-20(26)25-10-9-15(12-25)19-11-17(22-23-19)14-27-18-7-5-16(21)6-8-18/h5-8,11,15H,3-4,9-10,12-14H2,1-2H3,(H,22,23).